The first kappa shape index (κ1) is 19.2. The van der Waals surface area contributed by atoms with E-state index in [0.717, 1.165) is 18.0 Å². The van der Waals surface area contributed by atoms with Gasteiger partial charge in [0.15, 0.2) is 17.3 Å². The van der Waals surface area contributed by atoms with Crippen molar-refractivity contribution in [3.8, 4) is 11.5 Å². The fourth-order valence-corrected chi connectivity index (χ4v) is 3.03. The minimum Gasteiger partial charge on any atom is -0.490 e. The molecule has 2 unspecified atom stereocenters. The molecule has 1 aromatic carbocycles. The van der Waals surface area contributed by atoms with Gasteiger partial charge >= 0.3 is 5.82 Å². The zero-order chi connectivity index (χ0) is 19.4. The molecule has 8 nitrogen and oxygen atoms in total. The Morgan fingerprint density at radius 3 is 2.81 bits per heavy atom. The van der Waals surface area contributed by atoms with E-state index < -0.39 is 4.92 Å². The molecule has 2 atom stereocenters. The van der Waals surface area contributed by atoms with Gasteiger partial charge in [-0.3, -0.25) is 0 Å². The van der Waals surface area contributed by atoms with Gasteiger partial charge in [-0.25, -0.2) is 9.55 Å². The van der Waals surface area contributed by atoms with Crippen LogP contribution in [0.15, 0.2) is 24.4 Å². The first-order valence-corrected chi connectivity index (χ1v) is 9.28. The Balaban J connectivity index is 1.61. The Kier molecular flexibility index (Phi) is 5.95. The van der Waals surface area contributed by atoms with E-state index in [-0.39, 0.29) is 12.4 Å². The number of benzene rings is 1. The van der Waals surface area contributed by atoms with Crippen molar-refractivity contribution in [3.63, 3.8) is 0 Å². The second-order valence-corrected chi connectivity index (χ2v) is 6.84. The number of hydrogen-bond acceptors (Lipinski definition) is 6. The molecule has 1 saturated carbocycles. The lowest BCUT2D eigenvalue weighted by atomic mass is 10.2. The predicted molar refractivity (Wildman–Crippen MR) is 101 cm³/mol. The maximum atomic E-state index is 11.1. The number of hydrogen-bond donors (Lipinski definition) is 1. The Hall–Kier alpha value is -2.61. The third-order valence-electron chi connectivity index (χ3n) is 4.78. The highest BCUT2D eigenvalue weighted by Crippen LogP contribution is 2.31. The summed E-state index contributed by atoms with van der Waals surface area (Å²) < 4.78 is 13.1. The van der Waals surface area contributed by atoms with Crippen molar-refractivity contribution in [1.29, 1.82) is 0 Å². The molecule has 0 spiro atoms. The first-order chi connectivity index (χ1) is 13.0. The van der Waals surface area contributed by atoms with Crippen LogP contribution in [-0.4, -0.2) is 33.7 Å². The second-order valence-electron chi connectivity index (χ2n) is 6.84. The summed E-state index contributed by atoms with van der Waals surface area (Å²) in [4.78, 5) is 14.6. The topological polar surface area (TPSA) is 91.5 Å². The van der Waals surface area contributed by atoms with Crippen LogP contribution in [0.4, 0.5) is 5.82 Å². The van der Waals surface area contributed by atoms with E-state index in [2.05, 4.69) is 17.2 Å². The van der Waals surface area contributed by atoms with Crippen LogP contribution in [0.3, 0.4) is 0 Å². The molecule has 0 radical (unpaired) electrons. The standard InChI is InChI=1S/C19H26N4O4/c1-4-26-18-10-15(11-21-16-9-13(16)2)5-6-17(18)27-8-7-22-14(3)20-12-19(22)23(24)25/h5-6,10,12-13,16,21H,4,7-9,11H2,1-3H3. The van der Waals surface area contributed by atoms with Crippen LogP contribution < -0.4 is 14.8 Å². The van der Waals surface area contributed by atoms with E-state index in [9.17, 15) is 10.1 Å². The third kappa shape index (κ3) is 4.77. The fraction of sp³-hybridized carbons (Fsp3) is 0.526. The number of ether oxygens (including phenoxy) is 2. The zero-order valence-corrected chi connectivity index (χ0v) is 16.0. The van der Waals surface area contributed by atoms with Crippen LogP contribution in [0.1, 0.15) is 31.7 Å². The molecule has 0 aliphatic heterocycles. The van der Waals surface area contributed by atoms with Crippen molar-refractivity contribution in [2.45, 2.75) is 46.3 Å². The van der Waals surface area contributed by atoms with Gasteiger partial charge in [0.2, 0.25) is 0 Å². The summed E-state index contributed by atoms with van der Waals surface area (Å²) >= 11 is 0. The van der Waals surface area contributed by atoms with E-state index in [4.69, 9.17) is 9.47 Å². The fourth-order valence-electron chi connectivity index (χ4n) is 3.03. The largest absolute Gasteiger partial charge is 0.490 e. The molecule has 0 saturated heterocycles. The van der Waals surface area contributed by atoms with Gasteiger partial charge in [-0.1, -0.05) is 13.0 Å². The number of nitrogens with zero attached hydrogens (tertiary/aromatic N) is 3. The van der Waals surface area contributed by atoms with Gasteiger partial charge in [-0.2, -0.15) is 0 Å². The number of aromatic nitrogens is 2. The summed E-state index contributed by atoms with van der Waals surface area (Å²) in [6.45, 7) is 7.88. The number of imidazole rings is 1. The van der Waals surface area contributed by atoms with Crippen LogP contribution >= 0.6 is 0 Å². The molecule has 3 rings (SSSR count). The lowest BCUT2D eigenvalue weighted by Gasteiger charge is -2.14. The van der Waals surface area contributed by atoms with Crippen molar-refractivity contribution in [1.82, 2.24) is 14.9 Å². The molecule has 146 valence electrons. The normalized spacial score (nSPS) is 18.3. The van der Waals surface area contributed by atoms with Gasteiger partial charge < -0.3 is 24.9 Å². The smallest absolute Gasteiger partial charge is 0.342 e. The molecule has 2 aromatic rings. The molecular formula is C19H26N4O4. The highest BCUT2D eigenvalue weighted by atomic mass is 16.6. The highest BCUT2D eigenvalue weighted by molar-refractivity contribution is 5.43. The molecule has 1 heterocycles. The molecule has 27 heavy (non-hydrogen) atoms. The van der Waals surface area contributed by atoms with Crippen LogP contribution in [0.5, 0.6) is 11.5 Å². The van der Waals surface area contributed by atoms with Gasteiger partial charge in [0, 0.05) is 19.5 Å². The molecule has 1 aliphatic rings. The lowest BCUT2D eigenvalue weighted by Crippen LogP contribution is -2.17. The molecule has 0 bridgehead atoms. The summed E-state index contributed by atoms with van der Waals surface area (Å²) in [7, 11) is 0. The van der Waals surface area contributed by atoms with E-state index in [1.807, 2.05) is 25.1 Å². The number of nitro groups is 1. The summed E-state index contributed by atoms with van der Waals surface area (Å²) in [5.41, 5.74) is 1.14. The van der Waals surface area contributed by atoms with E-state index >= 15 is 0 Å². The Morgan fingerprint density at radius 2 is 2.15 bits per heavy atom. The molecule has 1 N–H and O–H groups in total. The van der Waals surface area contributed by atoms with Crippen LogP contribution in [-0.2, 0) is 13.1 Å². The third-order valence-corrected chi connectivity index (χ3v) is 4.78. The molecule has 1 aliphatic carbocycles. The van der Waals surface area contributed by atoms with Crippen LogP contribution in [0.25, 0.3) is 0 Å². The zero-order valence-electron chi connectivity index (χ0n) is 16.0. The van der Waals surface area contributed by atoms with Crippen molar-refractivity contribution < 1.29 is 14.4 Å². The minimum atomic E-state index is -0.436. The number of nitrogens with one attached hydrogen (secondary N) is 1. The summed E-state index contributed by atoms with van der Waals surface area (Å²) in [6.07, 6.45) is 2.50. The van der Waals surface area contributed by atoms with Crippen molar-refractivity contribution in [2.75, 3.05) is 13.2 Å². The summed E-state index contributed by atoms with van der Waals surface area (Å²) in [5, 5.41) is 14.6. The lowest BCUT2D eigenvalue weighted by molar-refractivity contribution is -0.392. The molecule has 8 heteroatoms. The second kappa shape index (κ2) is 8.39. The maximum Gasteiger partial charge on any atom is 0.342 e. The van der Waals surface area contributed by atoms with Gasteiger partial charge in [-0.15, -0.1) is 0 Å². The van der Waals surface area contributed by atoms with Gasteiger partial charge in [0.1, 0.15) is 19.3 Å². The molecule has 1 aromatic heterocycles. The van der Waals surface area contributed by atoms with Crippen molar-refractivity contribution >= 4 is 5.82 Å². The van der Waals surface area contributed by atoms with E-state index in [1.54, 1.807) is 6.92 Å². The monoisotopic (exact) mass is 374 g/mol. The first-order valence-electron chi connectivity index (χ1n) is 9.28. The molecule has 1 fully saturated rings. The number of rotatable bonds is 10. The maximum absolute atomic E-state index is 11.1. The van der Waals surface area contributed by atoms with Gasteiger partial charge in [0.25, 0.3) is 0 Å². The average Bonchev–Trinajstić information content (AvgIpc) is 3.22. The predicted octanol–water partition coefficient (Wildman–Crippen LogP) is 3.08. The number of aryl methyl sites for hydroxylation is 1. The Morgan fingerprint density at radius 1 is 1.37 bits per heavy atom. The van der Waals surface area contributed by atoms with Gasteiger partial charge in [-0.05, 0) is 41.9 Å². The Labute approximate surface area is 158 Å². The SMILES string of the molecule is CCOc1cc(CNC2CC2C)ccc1OCCn1c([N+](=O)[O-])cnc1C. The summed E-state index contributed by atoms with van der Waals surface area (Å²) in [6, 6.07) is 6.52. The van der Waals surface area contributed by atoms with Crippen LogP contribution in [0.2, 0.25) is 0 Å². The highest BCUT2D eigenvalue weighted by Gasteiger charge is 2.31. The minimum absolute atomic E-state index is 0.0307. The van der Waals surface area contributed by atoms with Gasteiger partial charge in [0.05, 0.1) is 6.61 Å². The summed E-state index contributed by atoms with van der Waals surface area (Å²) in [5.74, 6) is 2.65. The molecular weight excluding hydrogens is 348 g/mol. The molecule has 0 amide bonds. The average molecular weight is 374 g/mol. The van der Waals surface area contributed by atoms with Crippen molar-refractivity contribution in [2.24, 2.45) is 5.92 Å². The quantitative estimate of drug-likeness (QED) is 0.508. The van der Waals surface area contributed by atoms with Crippen molar-refractivity contribution in [3.05, 3.63) is 45.9 Å². The Bertz CT molecular complexity index is 805. The van der Waals surface area contributed by atoms with E-state index in [1.165, 1.54) is 17.2 Å². The van der Waals surface area contributed by atoms with E-state index in [0.29, 0.717) is 36.5 Å². The van der Waals surface area contributed by atoms with Crippen LogP contribution in [0, 0.1) is 23.0 Å².